The van der Waals surface area contributed by atoms with Crippen molar-refractivity contribution in [3.8, 4) is 0 Å². The molecule has 0 heterocycles. The Labute approximate surface area is 102 Å². The molecule has 15 heavy (non-hydrogen) atoms. The molecular weight excluding hydrogens is 248 g/mol. The van der Waals surface area contributed by atoms with Crippen molar-refractivity contribution >= 4 is 22.0 Å². The van der Waals surface area contributed by atoms with Gasteiger partial charge in [-0.1, -0.05) is 73.0 Å². The summed E-state index contributed by atoms with van der Waals surface area (Å²) in [5.41, 5.74) is 1.26. The van der Waals surface area contributed by atoms with Gasteiger partial charge < -0.3 is 0 Å². The van der Waals surface area contributed by atoms with Gasteiger partial charge in [0.1, 0.15) is 0 Å². The van der Waals surface area contributed by atoms with Crippen molar-refractivity contribution < 1.29 is 0 Å². The molecule has 0 aromatic heterocycles. The topological polar surface area (TPSA) is 0 Å². The van der Waals surface area contributed by atoms with Crippen LogP contribution in [0.5, 0.6) is 0 Å². The molecule has 1 unspecified atom stereocenters. The van der Waals surface area contributed by atoms with Crippen molar-refractivity contribution in [1.29, 1.82) is 0 Å². The van der Waals surface area contributed by atoms with E-state index in [-0.39, 0.29) is 0 Å². The summed E-state index contributed by atoms with van der Waals surface area (Å²) < 4.78 is 1.17. The highest BCUT2D eigenvalue weighted by Gasteiger charge is 1.97. The van der Waals surface area contributed by atoms with Crippen molar-refractivity contribution in [1.82, 2.24) is 0 Å². The van der Waals surface area contributed by atoms with Gasteiger partial charge in [-0.2, -0.15) is 0 Å². The molecule has 0 aliphatic heterocycles. The molecule has 1 heteroatoms. The molecule has 1 atom stereocenters. The number of allylic oxidation sites excluding steroid dienone is 1. The molecule has 0 amide bonds. The van der Waals surface area contributed by atoms with Gasteiger partial charge in [0.05, 0.1) is 0 Å². The standard InChI is InChI=1S/C14H19Br/c1-3-7-12(2)8-6-10-13-9-4-5-11-14(13)15/h4-6,9-12H,3,7-8H2,1-2H3/b10-6-. The maximum absolute atomic E-state index is 3.54. The van der Waals surface area contributed by atoms with E-state index in [1.807, 2.05) is 6.07 Å². The Bertz CT molecular complexity index is 315. The van der Waals surface area contributed by atoms with E-state index in [1.54, 1.807) is 0 Å². The van der Waals surface area contributed by atoms with Crippen LogP contribution in [-0.4, -0.2) is 0 Å². The SMILES string of the molecule is CCCC(C)C/C=C\c1ccccc1Br. The number of hydrogen-bond acceptors (Lipinski definition) is 0. The van der Waals surface area contributed by atoms with Crippen molar-refractivity contribution in [3.05, 3.63) is 40.4 Å². The van der Waals surface area contributed by atoms with Gasteiger partial charge in [-0.15, -0.1) is 0 Å². The minimum absolute atomic E-state index is 0.800. The van der Waals surface area contributed by atoms with E-state index in [2.05, 4.69) is 60.1 Å². The fourth-order valence-corrected chi connectivity index (χ4v) is 2.07. The first-order valence-electron chi connectivity index (χ1n) is 5.65. The molecule has 0 radical (unpaired) electrons. The zero-order valence-corrected chi connectivity index (χ0v) is 11.1. The number of benzene rings is 1. The average Bonchev–Trinajstić information content (AvgIpc) is 2.21. The average molecular weight is 267 g/mol. The molecule has 0 nitrogen and oxygen atoms in total. The quantitative estimate of drug-likeness (QED) is 0.680. The zero-order valence-electron chi connectivity index (χ0n) is 9.54. The predicted molar refractivity (Wildman–Crippen MR) is 71.9 cm³/mol. The fourth-order valence-electron chi connectivity index (χ4n) is 1.65. The third-order valence-electron chi connectivity index (χ3n) is 2.52. The number of halogens is 1. The van der Waals surface area contributed by atoms with Gasteiger partial charge in [0.15, 0.2) is 0 Å². The molecule has 0 saturated heterocycles. The predicted octanol–water partition coefficient (Wildman–Crippen LogP) is 5.29. The Kier molecular flexibility index (Phi) is 5.70. The highest BCUT2D eigenvalue weighted by Crippen LogP contribution is 2.18. The van der Waals surface area contributed by atoms with Crippen LogP contribution in [0.4, 0.5) is 0 Å². The first kappa shape index (κ1) is 12.5. The van der Waals surface area contributed by atoms with Gasteiger partial charge in [0.2, 0.25) is 0 Å². The summed E-state index contributed by atoms with van der Waals surface area (Å²) >= 11 is 3.54. The van der Waals surface area contributed by atoms with Crippen LogP contribution in [0.25, 0.3) is 6.08 Å². The first-order chi connectivity index (χ1) is 7.24. The molecule has 0 fully saturated rings. The highest BCUT2D eigenvalue weighted by molar-refractivity contribution is 9.10. The molecule has 82 valence electrons. The van der Waals surface area contributed by atoms with Crippen molar-refractivity contribution in [2.75, 3.05) is 0 Å². The van der Waals surface area contributed by atoms with Gasteiger partial charge in [-0.3, -0.25) is 0 Å². The van der Waals surface area contributed by atoms with Crippen LogP contribution >= 0.6 is 15.9 Å². The van der Waals surface area contributed by atoms with Crippen LogP contribution in [0, 0.1) is 5.92 Å². The molecule has 0 saturated carbocycles. The van der Waals surface area contributed by atoms with Crippen molar-refractivity contribution in [2.45, 2.75) is 33.1 Å². The summed E-state index contributed by atoms with van der Waals surface area (Å²) in [4.78, 5) is 0. The largest absolute Gasteiger partial charge is 0.0836 e. The van der Waals surface area contributed by atoms with Gasteiger partial charge in [0.25, 0.3) is 0 Å². The van der Waals surface area contributed by atoms with Crippen LogP contribution in [0.3, 0.4) is 0 Å². The third kappa shape index (κ3) is 4.65. The fraction of sp³-hybridized carbons (Fsp3) is 0.429. The van der Waals surface area contributed by atoms with Crippen LogP contribution in [0.2, 0.25) is 0 Å². The Hall–Kier alpha value is -0.560. The molecule has 0 aliphatic rings. The molecule has 1 aromatic carbocycles. The van der Waals surface area contributed by atoms with E-state index >= 15 is 0 Å². The molecular formula is C14H19Br. The summed E-state index contributed by atoms with van der Waals surface area (Å²) in [5, 5.41) is 0. The molecule has 0 spiro atoms. The van der Waals surface area contributed by atoms with E-state index in [4.69, 9.17) is 0 Å². The lowest BCUT2D eigenvalue weighted by Crippen LogP contribution is -1.90. The van der Waals surface area contributed by atoms with Gasteiger partial charge in [0, 0.05) is 4.47 Å². The minimum Gasteiger partial charge on any atom is -0.0836 e. The zero-order chi connectivity index (χ0) is 11.1. The molecule has 1 rings (SSSR count). The molecule has 0 N–H and O–H groups in total. The molecule has 0 bridgehead atoms. The highest BCUT2D eigenvalue weighted by atomic mass is 79.9. The van der Waals surface area contributed by atoms with Gasteiger partial charge in [-0.05, 0) is 24.0 Å². The molecule has 0 aliphatic carbocycles. The third-order valence-corrected chi connectivity index (χ3v) is 3.24. The van der Waals surface area contributed by atoms with Gasteiger partial charge >= 0.3 is 0 Å². The Balaban J connectivity index is 2.48. The van der Waals surface area contributed by atoms with Gasteiger partial charge in [-0.25, -0.2) is 0 Å². The van der Waals surface area contributed by atoms with Crippen LogP contribution in [-0.2, 0) is 0 Å². The summed E-state index contributed by atoms with van der Waals surface area (Å²) in [6, 6.07) is 8.32. The first-order valence-corrected chi connectivity index (χ1v) is 6.44. The number of rotatable bonds is 5. The second-order valence-corrected chi connectivity index (χ2v) is 4.91. The smallest absolute Gasteiger partial charge is 0.0247 e. The second kappa shape index (κ2) is 6.84. The lowest BCUT2D eigenvalue weighted by atomic mass is 10.0. The summed E-state index contributed by atoms with van der Waals surface area (Å²) in [7, 11) is 0. The Morgan fingerprint density at radius 2 is 2.07 bits per heavy atom. The van der Waals surface area contributed by atoms with Crippen molar-refractivity contribution in [2.24, 2.45) is 5.92 Å². The van der Waals surface area contributed by atoms with Crippen LogP contribution in [0.15, 0.2) is 34.8 Å². The Morgan fingerprint density at radius 1 is 1.33 bits per heavy atom. The summed E-state index contributed by atoms with van der Waals surface area (Å²) in [5.74, 6) is 0.800. The lowest BCUT2D eigenvalue weighted by molar-refractivity contribution is 0.533. The maximum Gasteiger partial charge on any atom is 0.0247 e. The monoisotopic (exact) mass is 266 g/mol. The Morgan fingerprint density at radius 3 is 2.73 bits per heavy atom. The lowest BCUT2D eigenvalue weighted by Gasteiger charge is -2.05. The van der Waals surface area contributed by atoms with E-state index in [1.165, 1.54) is 29.3 Å². The van der Waals surface area contributed by atoms with E-state index in [0.717, 1.165) is 5.92 Å². The second-order valence-electron chi connectivity index (χ2n) is 4.05. The maximum atomic E-state index is 3.54. The normalized spacial score (nSPS) is 13.3. The van der Waals surface area contributed by atoms with Crippen LogP contribution in [0.1, 0.15) is 38.7 Å². The van der Waals surface area contributed by atoms with E-state index in [0.29, 0.717) is 0 Å². The van der Waals surface area contributed by atoms with E-state index in [9.17, 15) is 0 Å². The minimum atomic E-state index is 0.800. The summed E-state index contributed by atoms with van der Waals surface area (Å²) in [6.07, 6.45) is 8.26. The van der Waals surface area contributed by atoms with Crippen LogP contribution < -0.4 is 0 Å². The molecule has 1 aromatic rings. The number of hydrogen-bond donors (Lipinski definition) is 0. The van der Waals surface area contributed by atoms with Crippen molar-refractivity contribution in [3.63, 3.8) is 0 Å². The summed E-state index contributed by atoms with van der Waals surface area (Å²) in [6.45, 7) is 4.56. The van der Waals surface area contributed by atoms with E-state index < -0.39 is 0 Å².